The Bertz CT molecular complexity index is 2750. The zero-order valence-corrected chi connectivity index (χ0v) is 31.3. The monoisotopic (exact) mass is 718 g/mol. The molecule has 0 fully saturated rings. The summed E-state index contributed by atoms with van der Waals surface area (Å²) in [6, 6.07) is 45.5. The molecule has 0 radical (unpaired) electrons. The van der Waals surface area contributed by atoms with Crippen LogP contribution in [-0.4, -0.2) is 28.4 Å². The molecule has 1 spiro atoms. The van der Waals surface area contributed by atoms with E-state index >= 15 is 0 Å². The molecule has 1 aliphatic heterocycles. The topological polar surface area (TPSA) is 46.2 Å². The van der Waals surface area contributed by atoms with Crippen molar-refractivity contribution in [2.24, 2.45) is 0 Å². The SMILES string of the molecule is COc1ccc(C2(c3ccc(OC)cc3)C=Cc3c4c(c5cc(OC)c(OC)cc5c3O2)-c2ccccc2C2(C)c3cccc5c3C42c2ccccc2-5)cc1. The van der Waals surface area contributed by atoms with Crippen molar-refractivity contribution in [3.63, 3.8) is 0 Å². The van der Waals surface area contributed by atoms with Crippen LogP contribution in [0.25, 0.3) is 39.1 Å². The lowest BCUT2D eigenvalue weighted by Gasteiger charge is -2.62. The Balaban J connectivity index is 1.32. The minimum Gasteiger partial charge on any atom is -0.497 e. The van der Waals surface area contributed by atoms with E-state index in [1.807, 2.05) is 24.3 Å². The van der Waals surface area contributed by atoms with E-state index in [0.29, 0.717) is 11.5 Å². The van der Waals surface area contributed by atoms with Crippen LogP contribution in [0.1, 0.15) is 51.4 Å². The molecule has 0 saturated heterocycles. The third kappa shape index (κ3) is 3.69. The Kier molecular flexibility index (Phi) is 6.43. The normalized spacial score (nSPS) is 19.7. The van der Waals surface area contributed by atoms with Crippen molar-refractivity contribution in [2.75, 3.05) is 28.4 Å². The maximum Gasteiger partial charge on any atom is 0.178 e. The van der Waals surface area contributed by atoms with Gasteiger partial charge < -0.3 is 23.7 Å². The van der Waals surface area contributed by atoms with E-state index < -0.39 is 11.0 Å². The van der Waals surface area contributed by atoms with Gasteiger partial charge in [-0.25, -0.2) is 0 Å². The second-order valence-corrected chi connectivity index (χ2v) is 15.1. The van der Waals surface area contributed by atoms with E-state index in [4.69, 9.17) is 23.7 Å². The van der Waals surface area contributed by atoms with Gasteiger partial charge in [0, 0.05) is 27.5 Å². The molecule has 2 unspecified atom stereocenters. The molecule has 7 aromatic carbocycles. The van der Waals surface area contributed by atoms with Gasteiger partial charge in [-0.05, 0) is 105 Å². The Morgan fingerprint density at radius 3 is 1.71 bits per heavy atom. The molecule has 11 rings (SSSR count). The molecule has 7 aromatic rings. The number of ether oxygens (including phenoxy) is 5. The molecule has 0 amide bonds. The molecular formula is C50H38O5. The zero-order chi connectivity index (χ0) is 37.3. The van der Waals surface area contributed by atoms with Crippen molar-refractivity contribution < 1.29 is 23.7 Å². The first-order chi connectivity index (χ1) is 26.9. The number of hydrogen-bond acceptors (Lipinski definition) is 5. The van der Waals surface area contributed by atoms with Crippen LogP contribution in [-0.2, 0) is 16.4 Å². The van der Waals surface area contributed by atoms with E-state index in [2.05, 4.69) is 122 Å². The average molecular weight is 719 g/mol. The van der Waals surface area contributed by atoms with Crippen LogP contribution in [0, 0.1) is 0 Å². The van der Waals surface area contributed by atoms with Crippen molar-refractivity contribution in [3.05, 3.63) is 178 Å². The lowest BCUT2D eigenvalue weighted by Crippen LogP contribution is -2.59. The molecule has 0 bridgehead atoms. The third-order valence-electron chi connectivity index (χ3n) is 13.0. The van der Waals surface area contributed by atoms with Crippen LogP contribution in [0.3, 0.4) is 0 Å². The number of fused-ring (bicyclic) bond motifs is 12. The maximum absolute atomic E-state index is 7.74. The molecule has 5 heteroatoms. The fraction of sp³-hybridized carbons (Fsp3) is 0.160. The summed E-state index contributed by atoms with van der Waals surface area (Å²) in [5, 5.41) is 2.01. The lowest BCUT2D eigenvalue weighted by atomic mass is 9.38. The van der Waals surface area contributed by atoms with Crippen molar-refractivity contribution in [1.29, 1.82) is 0 Å². The van der Waals surface area contributed by atoms with Crippen molar-refractivity contribution >= 4 is 16.8 Å². The summed E-state index contributed by atoms with van der Waals surface area (Å²) in [7, 11) is 6.78. The second-order valence-electron chi connectivity index (χ2n) is 15.1. The van der Waals surface area contributed by atoms with Gasteiger partial charge in [0.15, 0.2) is 17.1 Å². The number of rotatable bonds is 6. The van der Waals surface area contributed by atoms with Gasteiger partial charge in [0.25, 0.3) is 0 Å². The summed E-state index contributed by atoms with van der Waals surface area (Å²) >= 11 is 0. The fourth-order valence-corrected chi connectivity index (χ4v) is 10.7. The summed E-state index contributed by atoms with van der Waals surface area (Å²) in [6.07, 6.45) is 4.57. The van der Waals surface area contributed by atoms with Gasteiger partial charge in [0.2, 0.25) is 0 Å². The molecule has 4 aliphatic rings. The van der Waals surface area contributed by atoms with Crippen LogP contribution in [0.15, 0.2) is 133 Å². The number of benzene rings is 7. The molecule has 268 valence electrons. The summed E-state index contributed by atoms with van der Waals surface area (Å²) in [4.78, 5) is 0. The van der Waals surface area contributed by atoms with Crippen molar-refractivity contribution in [2.45, 2.75) is 23.4 Å². The van der Waals surface area contributed by atoms with E-state index in [-0.39, 0.29) is 5.41 Å². The zero-order valence-electron chi connectivity index (χ0n) is 31.3. The quantitative estimate of drug-likeness (QED) is 0.171. The minimum atomic E-state index is -0.982. The Morgan fingerprint density at radius 1 is 0.509 bits per heavy atom. The van der Waals surface area contributed by atoms with Gasteiger partial charge >= 0.3 is 0 Å². The van der Waals surface area contributed by atoms with Crippen LogP contribution in [0.5, 0.6) is 28.7 Å². The predicted molar refractivity (Wildman–Crippen MR) is 217 cm³/mol. The highest BCUT2D eigenvalue weighted by molar-refractivity contribution is 6.12. The molecule has 0 aromatic heterocycles. The summed E-state index contributed by atoms with van der Waals surface area (Å²) in [5.41, 5.74) is 13.0. The van der Waals surface area contributed by atoms with E-state index in [1.165, 1.54) is 50.1 Å². The van der Waals surface area contributed by atoms with Gasteiger partial charge in [-0.2, -0.15) is 0 Å². The predicted octanol–water partition coefficient (Wildman–Crippen LogP) is 10.8. The Labute approximate surface area is 320 Å². The van der Waals surface area contributed by atoms with E-state index in [0.717, 1.165) is 44.7 Å². The standard InChI is InChI=1S/C50H38O5/c1-48-39-14-8-7-12-35(39)44-37-27-42(53-4)43(54-5)28-38(37)47-36(46(44)50(48)40-15-9-6-11-33(40)34-13-10-16-41(48)45(34)50)25-26-49(55-47,29-17-21-31(51-2)22-18-29)30-19-23-32(52-3)24-20-30/h6-28H,1-5H3. The first-order valence-electron chi connectivity index (χ1n) is 18.7. The average Bonchev–Trinajstić information content (AvgIpc) is 3.54. The summed E-state index contributed by atoms with van der Waals surface area (Å²) in [6.45, 7) is 2.46. The summed E-state index contributed by atoms with van der Waals surface area (Å²) < 4.78 is 31.0. The largest absolute Gasteiger partial charge is 0.497 e. The highest BCUT2D eigenvalue weighted by Gasteiger charge is 2.70. The van der Waals surface area contributed by atoms with Crippen molar-refractivity contribution in [3.8, 4) is 51.0 Å². The first kappa shape index (κ1) is 32.0. The van der Waals surface area contributed by atoms with Crippen LogP contribution in [0.2, 0.25) is 0 Å². The van der Waals surface area contributed by atoms with Crippen molar-refractivity contribution in [1.82, 2.24) is 0 Å². The lowest BCUT2D eigenvalue weighted by molar-refractivity contribution is 0.162. The molecule has 5 nitrogen and oxygen atoms in total. The highest BCUT2D eigenvalue weighted by Crippen LogP contribution is 2.77. The second kappa shape index (κ2) is 11.0. The first-order valence-corrected chi connectivity index (χ1v) is 18.7. The molecule has 55 heavy (non-hydrogen) atoms. The fourth-order valence-electron chi connectivity index (χ4n) is 10.7. The van der Waals surface area contributed by atoms with Crippen LogP contribution < -0.4 is 23.7 Å². The Hall–Kier alpha value is -6.46. The minimum absolute atomic E-state index is 0.346. The molecule has 1 heterocycles. The molecule has 2 atom stereocenters. The summed E-state index contributed by atoms with van der Waals surface area (Å²) in [5.74, 6) is 3.67. The molecule has 0 N–H and O–H groups in total. The van der Waals surface area contributed by atoms with Gasteiger partial charge in [-0.15, -0.1) is 0 Å². The van der Waals surface area contributed by atoms with Crippen LogP contribution >= 0.6 is 0 Å². The smallest absolute Gasteiger partial charge is 0.178 e. The third-order valence-corrected chi connectivity index (χ3v) is 13.0. The number of methoxy groups -OCH3 is 4. The highest BCUT2D eigenvalue weighted by atomic mass is 16.5. The van der Waals surface area contributed by atoms with Gasteiger partial charge in [0.1, 0.15) is 17.2 Å². The van der Waals surface area contributed by atoms with Gasteiger partial charge in [0.05, 0.1) is 33.9 Å². The molecular weight excluding hydrogens is 681 g/mol. The number of hydrogen-bond donors (Lipinski definition) is 0. The van der Waals surface area contributed by atoms with E-state index in [9.17, 15) is 0 Å². The van der Waals surface area contributed by atoms with E-state index in [1.54, 1.807) is 28.4 Å². The van der Waals surface area contributed by atoms with Gasteiger partial charge in [-0.3, -0.25) is 0 Å². The maximum atomic E-state index is 7.74. The molecule has 0 saturated carbocycles. The van der Waals surface area contributed by atoms with Gasteiger partial charge in [-0.1, -0.05) is 97.1 Å². The van der Waals surface area contributed by atoms with Crippen LogP contribution in [0.4, 0.5) is 0 Å². The Morgan fingerprint density at radius 2 is 1.07 bits per heavy atom. The molecule has 3 aliphatic carbocycles.